The second-order valence-corrected chi connectivity index (χ2v) is 9.95. The van der Waals surface area contributed by atoms with Crippen LogP contribution in [0.1, 0.15) is 29.5 Å². The van der Waals surface area contributed by atoms with E-state index in [1.165, 1.54) is 19.5 Å². The number of hydrogen-bond acceptors (Lipinski definition) is 5. The number of alkyl halides is 2. The molecule has 34 heavy (non-hydrogen) atoms. The summed E-state index contributed by atoms with van der Waals surface area (Å²) >= 11 is 0. The standard InChI is InChI=1S/C24H23F2N3O4S/c1-33-21-16(6-3-15-4-7-18(8-5-15)29-34(2,31)32)13-17(20-22(30)28-12-11-27-20)14-19(21)24(9-10-24)23(25)26/h3-8,11-14,23,29H,9-10H2,1-2H3,(H,28,30)/b6-3+. The highest BCUT2D eigenvalue weighted by Gasteiger charge is 2.54. The van der Waals surface area contributed by atoms with Crippen LogP contribution >= 0.6 is 0 Å². The molecule has 0 atom stereocenters. The van der Waals surface area contributed by atoms with Crippen molar-refractivity contribution in [2.45, 2.75) is 24.7 Å². The summed E-state index contributed by atoms with van der Waals surface area (Å²) in [6.07, 6.45) is 5.43. The number of H-pyrrole nitrogens is 1. The quantitative estimate of drug-likeness (QED) is 0.462. The van der Waals surface area contributed by atoms with Gasteiger partial charge in [0.25, 0.3) is 5.56 Å². The molecule has 3 aromatic rings. The highest BCUT2D eigenvalue weighted by molar-refractivity contribution is 7.92. The van der Waals surface area contributed by atoms with Crippen molar-refractivity contribution < 1.29 is 21.9 Å². The third-order valence-corrected chi connectivity index (χ3v) is 6.32. The molecule has 178 valence electrons. The maximum absolute atomic E-state index is 14.0. The summed E-state index contributed by atoms with van der Waals surface area (Å²) in [5, 5.41) is 0. The largest absolute Gasteiger partial charge is 0.496 e. The average molecular weight is 488 g/mol. The Kier molecular flexibility index (Phi) is 6.26. The van der Waals surface area contributed by atoms with Crippen LogP contribution in [-0.2, 0) is 15.4 Å². The van der Waals surface area contributed by atoms with Crippen LogP contribution in [0.2, 0.25) is 0 Å². The molecular weight excluding hydrogens is 464 g/mol. The van der Waals surface area contributed by atoms with Gasteiger partial charge in [-0.2, -0.15) is 0 Å². The van der Waals surface area contributed by atoms with Crippen molar-refractivity contribution >= 4 is 27.9 Å². The van der Waals surface area contributed by atoms with Gasteiger partial charge < -0.3 is 9.72 Å². The lowest BCUT2D eigenvalue weighted by Crippen LogP contribution is -2.19. The summed E-state index contributed by atoms with van der Waals surface area (Å²) in [7, 11) is -1.96. The van der Waals surface area contributed by atoms with Gasteiger partial charge in [0, 0.05) is 34.8 Å². The molecular formula is C24H23F2N3O4S. The molecule has 2 aromatic carbocycles. The normalized spacial score (nSPS) is 15.0. The van der Waals surface area contributed by atoms with Crippen LogP contribution in [0.4, 0.5) is 14.5 Å². The first-order valence-corrected chi connectivity index (χ1v) is 12.3. The second-order valence-electron chi connectivity index (χ2n) is 8.20. The van der Waals surface area contributed by atoms with Gasteiger partial charge in [0.05, 0.1) is 18.8 Å². The Morgan fingerprint density at radius 2 is 1.88 bits per heavy atom. The van der Waals surface area contributed by atoms with Gasteiger partial charge in [0.15, 0.2) is 0 Å². The van der Waals surface area contributed by atoms with Crippen LogP contribution in [0.15, 0.2) is 53.6 Å². The molecule has 0 saturated heterocycles. The number of methoxy groups -OCH3 is 1. The van der Waals surface area contributed by atoms with Crippen molar-refractivity contribution in [1.82, 2.24) is 9.97 Å². The second kappa shape index (κ2) is 9.02. The summed E-state index contributed by atoms with van der Waals surface area (Å²) in [6, 6.07) is 9.90. The molecule has 1 saturated carbocycles. The Bertz CT molecular complexity index is 1400. The lowest BCUT2D eigenvalue weighted by Gasteiger charge is -2.21. The molecule has 0 amide bonds. The molecule has 1 aromatic heterocycles. The molecule has 0 bridgehead atoms. The maximum Gasteiger partial charge on any atom is 0.274 e. The summed E-state index contributed by atoms with van der Waals surface area (Å²) in [6.45, 7) is 0. The molecule has 2 N–H and O–H groups in total. The van der Waals surface area contributed by atoms with E-state index in [2.05, 4.69) is 14.7 Å². The number of halogens is 2. The van der Waals surface area contributed by atoms with Crippen LogP contribution in [0, 0.1) is 0 Å². The molecule has 10 heteroatoms. The Morgan fingerprint density at radius 1 is 1.18 bits per heavy atom. The molecule has 0 spiro atoms. The third-order valence-electron chi connectivity index (χ3n) is 5.71. The van der Waals surface area contributed by atoms with Crippen LogP contribution < -0.4 is 15.0 Å². The van der Waals surface area contributed by atoms with Crippen molar-refractivity contribution in [2.75, 3.05) is 18.1 Å². The number of anilines is 1. The van der Waals surface area contributed by atoms with Crippen LogP contribution in [-0.4, -0.2) is 38.2 Å². The monoisotopic (exact) mass is 487 g/mol. The van der Waals surface area contributed by atoms with E-state index in [0.29, 0.717) is 41.0 Å². The number of sulfonamides is 1. The van der Waals surface area contributed by atoms with Crippen molar-refractivity contribution in [2.24, 2.45) is 0 Å². The molecule has 1 aliphatic rings. The van der Waals surface area contributed by atoms with E-state index < -0.39 is 27.4 Å². The highest BCUT2D eigenvalue weighted by Crippen LogP contribution is 2.56. The minimum atomic E-state index is -3.39. The number of rotatable bonds is 8. The number of ether oxygens (including phenoxy) is 1. The zero-order valence-electron chi connectivity index (χ0n) is 18.5. The van der Waals surface area contributed by atoms with E-state index in [-0.39, 0.29) is 5.69 Å². The van der Waals surface area contributed by atoms with Crippen LogP contribution in [0.25, 0.3) is 23.4 Å². The fraction of sp³-hybridized carbons (Fsp3) is 0.250. The van der Waals surface area contributed by atoms with Crippen molar-refractivity contribution in [1.29, 1.82) is 0 Å². The number of hydrogen-bond donors (Lipinski definition) is 2. The van der Waals surface area contributed by atoms with Crippen LogP contribution in [0.5, 0.6) is 5.75 Å². The molecule has 0 radical (unpaired) electrons. The molecule has 1 fully saturated rings. The first-order chi connectivity index (χ1) is 16.1. The first-order valence-electron chi connectivity index (χ1n) is 10.4. The topological polar surface area (TPSA) is 101 Å². The summed E-state index contributed by atoms with van der Waals surface area (Å²) in [5.74, 6) is 0.320. The van der Waals surface area contributed by atoms with E-state index in [1.807, 2.05) is 0 Å². The molecule has 4 rings (SSSR count). The Labute approximate surface area is 195 Å². The van der Waals surface area contributed by atoms with Gasteiger partial charge in [0.1, 0.15) is 11.4 Å². The highest BCUT2D eigenvalue weighted by atomic mass is 32.2. The number of nitrogens with one attached hydrogen (secondary N) is 2. The minimum absolute atomic E-state index is 0.127. The van der Waals surface area contributed by atoms with Gasteiger partial charge in [-0.15, -0.1) is 0 Å². The SMILES string of the molecule is COc1c(/C=C/c2ccc(NS(C)(=O)=O)cc2)cc(-c2ncc[nH]c2=O)cc1C1(C(F)F)CC1. The minimum Gasteiger partial charge on any atom is -0.496 e. The number of benzene rings is 2. The van der Waals surface area contributed by atoms with E-state index in [1.54, 1.807) is 48.6 Å². The zero-order chi connectivity index (χ0) is 24.5. The molecule has 7 nitrogen and oxygen atoms in total. The van der Waals surface area contributed by atoms with Gasteiger partial charge in [-0.3, -0.25) is 9.52 Å². The fourth-order valence-electron chi connectivity index (χ4n) is 3.87. The molecule has 1 heterocycles. The van der Waals surface area contributed by atoms with Crippen LogP contribution in [0.3, 0.4) is 0 Å². The Balaban J connectivity index is 1.79. The third kappa shape index (κ3) is 4.86. The van der Waals surface area contributed by atoms with Gasteiger partial charge in [-0.05, 0) is 42.7 Å². The number of aromatic nitrogens is 2. The fourth-order valence-corrected chi connectivity index (χ4v) is 4.43. The molecule has 0 unspecified atom stereocenters. The Morgan fingerprint density at radius 3 is 2.44 bits per heavy atom. The zero-order valence-corrected chi connectivity index (χ0v) is 19.3. The predicted molar refractivity (Wildman–Crippen MR) is 128 cm³/mol. The van der Waals surface area contributed by atoms with E-state index in [0.717, 1.165) is 11.8 Å². The van der Waals surface area contributed by atoms with Crippen molar-refractivity contribution in [3.8, 4) is 17.0 Å². The lowest BCUT2D eigenvalue weighted by molar-refractivity contribution is 0.100. The molecule has 0 aliphatic heterocycles. The predicted octanol–water partition coefficient (Wildman–Crippen LogP) is 4.28. The van der Waals surface area contributed by atoms with Gasteiger partial charge in [-0.1, -0.05) is 24.3 Å². The lowest BCUT2D eigenvalue weighted by atomic mass is 9.90. The maximum atomic E-state index is 14.0. The van der Waals surface area contributed by atoms with E-state index >= 15 is 0 Å². The smallest absolute Gasteiger partial charge is 0.274 e. The van der Waals surface area contributed by atoms with Crippen molar-refractivity contribution in [3.05, 3.63) is 75.8 Å². The number of nitrogens with zero attached hydrogens (tertiary/aromatic N) is 1. The number of aromatic amines is 1. The van der Waals surface area contributed by atoms with Crippen molar-refractivity contribution in [3.63, 3.8) is 0 Å². The van der Waals surface area contributed by atoms with E-state index in [4.69, 9.17) is 4.74 Å². The van der Waals surface area contributed by atoms with E-state index in [9.17, 15) is 22.0 Å². The summed E-state index contributed by atoms with van der Waals surface area (Å²) < 4.78 is 58.8. The summed E-state index contributed by atoms with van der Waals surface area (Å²) in [5.41, 5.74) is 0.834. The average Bonchev–Trinajstić information content (AvgIpc) is 3.59. The first kappa shape index (κ1) is 23.6. The Hall–Kier alpha value is -3.53. The van der Waals surface area contributed by atoms with Gasteiger partial charge >= 0.3 is 0 Å². The summed E-state index contributed by atoms with van der Waals surface area (Å²) in [4.78, 5) is 19.0. The van der Waals surface area contributed by atoms with Gasteiger partial charge in [0.2, 0.25) is 16.4 Å². The molecule has 1 aliphatic carbocycles. The van der Waals surface area contributed by atoms with Gasteiger partial charge in [-0.25, -0.2) is 22.2 Å².